The van der Waals surface area contributed by atoms with Crippen LogP contribution in [0.4, 0.5) is 0 Å². The molecule has 1 aliphatic carbocycles. The zero-order chi connectivity index (χ0) is 13.2. The Kier molecular flexibility index (Phi) is 3.92. The van der Waals surface area contributed by atoms with E-state index in [0.29, 0.717) is 30.7 Å². The van der Waals surface area contributed by atoms with Crippen LogP contribution in [0, 0.1) is 5.41 Å². The average molecular weight is 288 g/mol. The number of carbonyl (C=O) groups excluding carboxylic acids is 1. The van der Waals surface area contributed by atoms with E-state index in [1.54, 1.807) is 0 Å². The van der Waals surface area contributed by atoms with Crippen molar-refractivity contribution in [3.05, 3.63) is 21.3 Å². The first-order valence-corrected chi connectivity index (χ1v) is 7.01. The third-order valence-corrected chi connectivity index (χ3v) is 4.50. The first-order valence-electron chi connectivity index (χ1n) is 5.75. The fourth-order valence-corrected chi connectivity index (χ4v) is 2.77. The van der Waals surface area contributed by atoms with Crippen LogP contribution in [0.25, 0.3) is 0 Å². The number of amides is 1. The van der Waals surface area contributed by atoms with Gasteiger partial charge in [0.05, 0.1) is 10.4 Å². The third kappa shape index (κ3) is 3.23. The number of carboxylic acids is 1. The third-order valence-electron chi connectivity index (χ3n) is 3.15. The van der Waals surface area contributed by atoms with Gasteiger partial charge in [0.25, 0.3) is 0 Å². The van der Waals surface area contributed by atoms with Gasteiger partial charge < -0.3 is 10.4 Å². The van der Waals surface area contributed by atoms with Gasteiger partial charge in [-0.25, -0.2) is 0 Å². The van der Waals surface area contributed by atoms with E-state index in [-0.39, 0.29) is 12.5 Å². The lowest BCUT2D eigenvalue weighted by atomic mass is 10.1. The predicted octanol–water partition coefficient (Wildman–Crippen LogP) is 2.32. The van der Waals surface area contributed by atoms with Crippen LogP contribution >= 0.6 is 22.9 Å². The Morgan fingerprint density at radius 2 is 2.22 bits per heavy atom. The fourth-order valence-electron chi connectivity index (χ4n) is 1.69. The van der Waals surface area contributed by atoms with E-state index in [4.69, 9.17) is 16.7 Å². The second-order valence-corrected chi connectivity index (χ2v) is 6.03. The van der Waals surface area contributed by atoms with E-state index < -0.39 is 11.4 Å². The lowest BCUT2D eigenvalue weighted by Gasteiger charge is -2.10. The SMILES string of the molecule is O=C(CCc1cc(Cl)cs1)NCC1(C(=O)O)CC1. The van der Waals surface area contributed by atoms with Crippen LogP contribution < -0.4 is 5.32 Å². The van der Waals surface area contributed by atoms with Crippen molar-refractivity contribution < 1.29 is 14.7 Å². The highest BCUT2D eigenvalue weighted by Gasteiger charge is 2.50. The summed E-state index contributed by atoms with van der Waals surface area (Å²) in [5.74, 6) is -0.917. The van der Waals surface area contributed by atoms with Gasteiger partial charge in [0.15, 0.2) is 0 Å². The molecular formula is C12H14ClNO3S. The number of hydrogen-bond donors (Lipinski definition) is 2. The maximum atomic E-state index is 11.6. The monoisotopic (exact) mass is 287 g/mol. The molecule has 0 bridgehead atoms. The van der Waals surface area contributed by atoms with E-state index in [1.807, 2.05) is 11.4 Å². The Balaban J connectivity index is 1.71. The minimum absolute atomic E-state index is 0.105. The second-order valence-electron chi connectivity index (χ2n) is 4.59. The Bertz CT molecular complexity index is 468. The molecule has 0 saturated heterocycles. The molecule has 0 radical (unpaired) electrons. The summed E-state index contributed by atoms with van der Waals surface area (Å²) in [6.45, 7) is 0.242. The highest BCUT2D eigenvalue weighted by Crippen LogP contribution is 2.45. The van der Waals surface area contributed by atoms with E-state index >= 15 is 0 Å². The average Bonchev–Trinajstić information content (AvgIpc) is 3.02. The van der Waals surface area contributed by atoms with Crippen molar-refractivity contribution in [2.24, 2.45) is 5.41 Å². The van der Waals surface area contributed by atoms with Crippen LogP contribution in [0.1, 0.15) is 24.1 Å². The Labute approximate surface area is 114 Å². The van der Waals surface area contributed by atoms with Crippen LogP contribution in [-0.4, -0.2) is 23.5 Å². The van der Waals surface area contributed by atoms with Crippen molar-refractivity contribution in [1.82, 2.24) is 5.32 Å². The number of carbonyl (C=O) groups is 2. The summed E-state index contributed by atoms with van der Waals surface area (Å²) in [6.07, 6.45) is 2.32. The number of carboxylic acid groups (broad SMARTS) is 1. The zero-order valence-electron chi connectivity index (χ0n) is 9.74. The number of hydrogen-bond acceptors (Lipinski definition) is 3. The van der Waals surface area contributed by atoms with Crippen molar-refractivity contribution in [2.75, 3.05) is 6.54 Å². The second kappa shape index (κ2) is 5.28. The minimum Gasteiger partial charge on any atom is -0.481 e. The van der Waals surface area contributed by atoms with Crippen LogP contribution in [0.15, 0.2) is 11.4 Å². The summed E-state index contributed by atoms with van der Waals surface area (Å²) < 4.78 is 0. The van der Waals surface area contributed by atoms with Crippen LogP contribution in [0.5, 0.6) is 0 Å². The number of rotatable bonds is 6. The largest absolute Gasteiger partial charge is 0.481 e. The normalized spacial score (nSPS) is 16.3. The van der Waals surface area contributed by atoms with Gasteiger partial charge in [-0.15, -0.1) is 11.3 Å². The molecule has 2 rings (SSSR count). The quantitative estimate of drug-likeness (QED) is 0.844. The topological polar surface area (TPSA) is 66.4 Å². The van der Waals surface area contributed by atoms with Crippen LogP contribution in [-0.2, 0) is 16.0 Å². The minimum atomic E-state index is -0.812. The summed E-state index contributed by atoms with van der Waals surface area (Å²) >= 11 is 7.31. The van der Waals surface area contributed by atoms with Crippen LogP contribution in [0.2, 0.25) is 5.02 Å². The highest BCUT2D eigenvalue weighted by molar-refractivity contribution is 7.10. The van der Waals surface area contributed by atoms with Gasteiger partial charge in [-0.3, -0.25) is 9.59 Å². The molecule has 1 aliphatic rings. The molecule has 4 nitrogen and oxygen atoms in total. The molecule has 0 aromatic carbocycles. The van der Waals surface area contributed by atoms with Crippen molar-refractivity contribution in [2.45, 2.75) is 25.7 Å². The van der Waals surface area contributed by atoms with E-state index in [1.165, 1.54) is 11.3 Å². The van der Waals surface area contributed by atoms with Gasteiger partial charge in [-0.1, -0.05) is 11.6 Å². The van der Waals surface area contributed by atoms with Gasteiger partial charge in [0, 0.05) is 23.2 Å². The first kappa shape index (κ1) is 13.4. The van der Waals surface area contributed by atoms with E-state index in [2.05, 4.69) is 5.32 Å². The number of halogens is 1. The lowest BCUT2D eigenvalue weighted by Crippen LogP contribution is -2.34. The Hall–Kier alpha value is -1.07. The smallest absolute Gasteiger partial charge is 0.311 e. The Morgan fingerprint density at radius 3 is 2.72 bits per heavy atom. The molecule has 1 heterocycles. The molecule has 2 N–H and O–H groups in total. The summed E-state index contributed by atoms with van der Waals surface area (Å²) in [4.78, 5) is 23.6. The van der Waals surface area contributed by atoms with Gasteiger partial charge in [0.2, 0.25) is 5.91 Å². The zero-order valence-corrected chi connectivity index (χ0v) is 11.3. The molecule has 98 valence electrons. The molecule has 0 aliphatic heterocycles. The fraction of sp³-hybridized carbons (Fsp3) is 0.500. The predicted molar refractivity (Wildman–Crippen MR) is 70.0 cm³/mol. The molecule has 0 spiro atoms. The molecule has 1 aromatic rings. The molecule has 18 heavy (non-hydrogen) atoms. The van der Waals surface area contributed by atoms with Gasteiger partial charge >= 0.3 is 5.97 Å². The van der Waals surface area contributed by atoms with Crippen molar-refractivity contribution >= 4 is 34.8 Å². The summed E-state index contributed by atoms with van der Waals surface area (Å²) in [5, 5.41) is 14.2. The number of aliphatic carboxylic acids is 1. The lowest BCUT2D eigenvalue weighted by molar-refractivity contribution is -0.143. The molecule has 0 atom stereocenters. The van der Waals surface area contributed by atoms with Crippen LogP contribution in [0.3, 0.4) is 0 Å². The number of nitrogens with one attached hydrogen (secondary N) is 1. The number of aryl methyl sites for hydroxylation is 1. The van der Waals surface area contributed by atoms with Crippen molar-refractivity contribution in [3.8, 4) is 0 Å². The summed E-state index contributed by atoms with van der Waals surface area (Å²) in [7, 11) is 0. The van der Waals surface area contributed by atoms with Crippen molar-refractivity contribution in [1.29, 1.82) is 0 Å². The highest BCUT2D eigenvalue weighted by atomic mass is 35.5. The molecule has 1 fully saturated rings. The summed E-state index contributed by atoms with van der Waals surface area (Å²) in [5.41, 5.74) is -0.693. The van der Waals surface area contributed by atoms with Crippen molar-refractivity contribution in [3.63, 3.8) is 0 Å². The number of thiophene rings is 1. The first-order chi connectivity index (χ1) is 8.52. The molecular weight excluding hydrogens is 274 g/mol. The van der Waals surface area contributed by atoms with E-state index in [0.717, 1.165) is 4.88 Å². The van der Waals surface area contributed by atoms with Gasteiger partial charge in [-0.2, -0.15) is 0 Å². The molecule has 0 unspecified atom stereocenters. The maximum Gasteiger partial charge on any atom is 0.311 e. The maximum absolute atomic E-state index is 11.6. The molecule has 6 heteroatoms. The van der Waals surface area contributed by atoms with Gasteiger partial charge in [-0.05, 0) is 25.3 Å². The van der Waals surface area contributed by atoms with Gasteiger partial charge in [0.1, 0.15) is 0 Å². The Morgan fingerprint density at radius 1 is 1.50 bits per heavy atom. The molecule has 1 aromatic heterocycles. The summed E-state index contributed by atoms with van der Waals surface area (Å²) in [6, 6.07) is 1.85. The molecule has 1 amide bonds. The molecule has 1 saturated carbocycles. The van der Waals surface area contributed by atoms with E-state index in [9.17, 15) is 9.59 Å². The standard InChI is InChI=1S/C12H14ClNO3S/c13-8-5-9(18-6-8)1-2-10(15)14-7-12(3-4-12)11(16)17/h5-6H,1-4,7H2,(H,14,15)(H,16,17).